The first kappa shape index (κ1) is 15.9. The molecule has 1 unspecified atom stereocenters. The molecule has 2 atom stereocenters. The topological polar surface area (TPSA) is 66.4 Å². The quantitative estimate of drug-likeness (QED) is 0.721. The van der Waals surface area contributed by atoms with E-state index in [4.69, 9.17) is 5.11 Å². The van der Waals surface area contributed by atoms with Gasteiger partial charge in [0.2, 0.25) is 5.91 Å². The van der Waals surface area contributed by atoms with Gasteiger partial charge in [-0.05, 0) is 17.8 Å². The first-order valence-electron chi connectivity index (χ1n) is 6.31. The number of carboxylic acids is 1. The number of carbonyl (C=O) groups excluding carboxylic acids is 1. The molecule has 0 rings (SSSR count). The highest BCUT2D eigenvalue weighted by molar-refractivity contribution is 5.83. The lowest BCUT2D eigenvalue weighted by molar-refractivity contribution is -0.143. The Labute approximate surface area is 104 Å². The van der Waals surface area contributed by atoms with E-state index in [-0.39, 0.29) is 11.8 Å². The Morgan fingerprint density at radius 3 is 1.94 bits per heavy atom. The largest absolute Gasteiger partial charge is 0.480 e. The monoisotopic (exact) mass is 243 g/mol. The van der Waals surface area contributed by atoms with Crippen LogP contribution in [0.4, 0.5) is 0 Å². The van der Waals surface area contributed by atoms with Crippen LogP contribution in [0.1, 0.15) is 47.5 Å². The Kier molecular flexibility index (Phi) is 6.85. The van der Waals surface area contributed by atoms with Crippen molar-refractivity contribution >= 4 is 11.9 Å². The minimum Gasteiger partial charge on any atom is -0.480 e. The van der Waals surface area contributed by atoms with Gasteiger partial charge in [0.1, 0.15) is 6.04 Å². The Morgan fingerprint density at radius 1 is 1.12 bits per heavy atom. The Hall–Kier alpha value is -1.06. The second kappa shape index (κ2) is 7.30. The number of carboxylic acid groups (broad SMARTS) is 1. The van der Waals surface area contributed by atoms with Gasteiger partial charge in [0.15, 0.2) is 0 Å². The molecule has 1 amide bonds. The number of hydrogen-bond acceptors (Lipinski definition) is 2. The number of hydrogen-bond donors (Lipinski definition) is 2. The molecule has 0 bridgehead atoms. The van der Waals surface area contributed by atoms with Crippen molar-refractivity contribution in [2.75, 3.05) is 0 Å². The predicted octanol–water partition coefficient (Wildman–Crippen LogP) is 2.28. The summed E-state index contributed by atoms with van der Waals surface area (Å²) in [6, 6.07) is -0.785. The third kappa shape index (κ3) is 5.71. The SMILES string of the molecule is CCC(CC(=O)N[C@@H](C(=O)O)C(C)C)C(C)C. The smallest absolute Gasteiger partial charge is 0.326 e. The fraction of sp³-hybridized carbons (Fsp3) is 0.846. The third-order valence-electron chi connectivity index (χ3n) is 3.16. The van der Waals surface area contributed by atoms with E-state index in [1.54, 1.807) is 13.8 Å². The van der Waals surface area contributed by atoms with Crippen LogP contribution in [0.5, 0.6) is 0 Å². The molecule has 0 aromatic carbocycles. The zero-order valence-corrected chi connectivity index (χ0v) is 11.5. The van der Waals surface area contributed by atoms with Crippen molar-refractivity contribution in [2.24, 2.45) is 17.8 Å². The van der Waals surface area contributed by atoms with Crippen molar-refractivity contribution in [2.45, 2.75) is 53.5 Å². The molecule has 0 aliphatic rings. The number of nitrogens with one attached hydrogen (secondary N) is 1. The molecule has 0 aliphatic carbocycles. The lowest BCUT2D eigenvalue weighted by Gasteiger charge is -2.22. The van der Waals surface area contributed by atoms with Gasteiger partial charge in [-0.1, -0.05) is 41.0 Å². The van der Waals surface area contributed by atoms with Gasteiger partial charge < -0.3 is 10.4 Å². The minimum atomic E-state index is -0.967. The highest BCUT2D eigenvalue weighted by Gasteiger charge is 2.24. The summed E-state index contributed by atoms with van der Waals surface area (Å²) in [5.41, 5.74) is 0. The van der Waals surface area contributed by atoms with Gasteiger partial charge in [-0.25, -0.2) is 4.79 Å². The molecule has 0 heterocycles. The average Bonchev–Trinajstić information content (AvgIpc) is 2.21. The molecule has 17 heavy (non-hydrogen) atoms. The molecule has 0 fully saturated rings. The van der Waals surface area contributed by atoms with Gasteiger partial charge in [0.25, 0.3) is 0 Å². The summed E-state index contributed by atoms with van der Waals surface area (Å²) in [5, 5.41) is 11.6. The molecule has 0 aliphatic heterocycles. The van der Waals surface area contributed by atoms with Crippen molar-refractivity contribution in [3.63, 3.8) is 0 Å². The van der Waals surface area contributed by atoms with Gasteiger partial charge in [-0.3, -0.25) is 4.79 Å². The van der Waals surface area contributed by atoms with E-state index in [9.17, 15) is 9.59 Å². The molecule has 0 aromatic rings. The van der Waals surface area contributed by atoms with E-state index in [1.807, 2.05) is 0 Å². The van der Waals surface area contributed by atoms with Crippen molar-refractivity contribution in [1.29, 1.82) is 0 Å². The van der Waals surface area contributed by atoms with Gasteiger partial charge in [-0.2, -0.15) is 0 Å². The number of amides is 1. The van der Waals surface area contributed by atoms with Crippen LogP contribution in [0.2, 0.25) is 0 Å². The maximum absolute atomic E-state index is 11.8. The second-order valence-electron chi connectivity index (χ2n) is 5.24. The Morgan fingerprint density at radius 2 is 1.65 bits per heavy atom. The maximum Gasteiger partial charge on any atom is 0.326 e. The van der Waals surface area contributed by atoms with Gasteiger partial charge in [-0.15, -0.1) is 0 Å². The molecule has 2 N–H and O–H groups in total. The van der Waals surface area contributed by atoms with E-state index < -0.39 is 12.0 Å². The number of aliphatic carboxylic acids is 1. The fourth-order valence-electron chi connectivity index (χ4n) is 1.84. The van der Waals surface area contributed by atoms with Crippen molar-refractivity contribution < 1.29 is 14.7 Å². The zero-order chi connectivity index (χ0) is 13.6. The molecule has 0 radical (unpaired) electrons. The molecule has 4 heteroatoms. The summed E-state index contributed by atoms with van der Waals surface area (Å²) in [6.07, 6.45) is 1.34. The predicted molar refractivity (Wildman–Crippen MR) is 67.6 cm³/mol. The fourth-order valence-corrected chi connectivity index (χ4v) is 1.84. The van der Waals surface area contributed by atoms with Crippen LogP contribution >= 0.6 is 0 Å². The van der Waals surface area contributed by atoms with E-state index in [0.29, 0.717) is 18.3 Å². The van der Waals surface area contributed by atoms with Crippen molar-refractivity contribution in [1.82, 2.24) is 5.32 Å². The Balaban J connectivity index is 4.37. The molecular formula is C13H25NO3. The van der Waals surface area contributed by atoms with Crippen molar-refractivity contribution in [3.8, 4) is 0 Å². The summed E-state index contributed by atoms with van der Waals surface area (Å²) in [7, 11) is 0. The average molecular weight is 243 g/mol. The van der Waals surface area contributed by atoms with Crippen LogP contribution in [0, 0.1) is 17.8 Å². The molecule has 0 saturated heterocycles. The standard InChI is InChI=1S/C13H25NO3/c1-6-10(8(2)3)7-11(15)14-12(9(4)5)13(16)17/h8-10,12H,6-7H2,1-5H3,(H,14,15)(H,16,17)/t10?,12-/m1/s1. The normalized spacial score (nSPS) is 14.8. The van der Waals surface area contributed by atoms with Gasteiger partial charge in [0.05, 0.1) is 0 Å². The summed E-state index contributed by atoms with van der Waals surface area (Å²) in [6.45, 7) is 9.80. The molecule has 0 spiro atoms. The summed E-state index contributed by atoms with van der Waals surface area (Å²) in [5.74, 6) is -0.474. The minimum absolute atomic E-state index is 0.101. The van der Waals surface area contributed by atoms with E-state index in [0.717, 1.165) is 6.42 Å². The van der Waals surface area contributed by atoms with Crippen LogP contribution in [-0.4, -0.2) is 23.0 Å². The zero-order valence-electron chi connectivity index (χ0n) is 11.5. The first-order valence-corrected chi connectivity index (χ1v) is 6.31. The van der Waals surface area contributed by atoms with Crippen LogP contribution in [0.25, 0.3) is 0 Å². The molecule has 0 saturated carbocycles. The summed E-state index contributed by atoms with van der Waals surface area (Å²) >= 11 is 0. The second-order valence-corrected chi connectivity index (χ2v) is 5.24. The van der Waals surface area contributed by atoms with E-state index >= 15 is 0 Å². The number of carbonyl (C=O) groups is 2. The van der Waals surface area contributed by atoms with Crippen LogP contribution in [0.15, 0.2) is 0 Å². The van der Waals surface area contributed by atoms with Crippen LogP contribution in [-0.2, 0) is 9.59 Å². The highest BCUT2D eigenvalue weighted by atomic mass is 16.4. The van der Waals surface area contributed by atoms with E-state index in [1.165, 1.54) is 0 Å². The Bertz CT molecular complexity index is 261. The lowest BCUT2D eigenvalue weighted by Crippen LogP contribution is -2.44. The highest BCUT2D eigenvalue weighted by Crippen LogP contribution is 2.18. The van der Waals surface area contributed by atoms with Crippen molar-refractivity contribution in [3.05, 3.63) is 0 Å². The maximum atomic E-state index is 11.8. The molecule has 100 valence electrons. The van der Waals surface area contributed by atoms with Crippen LogP contribution in [0.3, 0.4) is 0 Å². The molecule has 0 aromatic heterocycles. The van der Waals surface area contributed by atoms with Gasteiger partial charge >= 0.3 is 5.97 Å². The molecule has 4 nitrogen and oxygen atoms in total. The first-order chi connectivity index (χ1) is 7.79. The summed E-state index contributed by atoms with van der Waals surface area (Å²) in [4.78, 5) is 22.7. The summed E-state index contributed by atoms with van der Waals surface area (Å²) < 4.78 is 0. The number of rotatable bonds is 7. The third-order valence-corrected chi connectivity index (χ3v) is 3.16. The van der Waals surface area contributed by atoms with Gasteiger partial charge in [0, 0.05) is 6.42 Å². The van der Waals surface area contributed by atoms with Crippen LogP contribution < -0.4 is 5.32 Å². The van der Waals surface area contributed by atoms with E-state index in [2.05, 4.69) is 26.1 Å². The molecular weight excluding hydrogens is 218 g/mol. The lowest BCUT2D eigenvalue weighted by atomic mass is 9.89.